The van der Waals surface area contributed by atoms with Crippen LogP contribution in [0.4, 0.5) is 15.9 Å². The number of hydrogen-bond donors (Lipinski definition) is 2. The molecule has 0 saturated carbocycles. The Hall–Kier alpha value is -2.94. The van der Waals surface area contributed by atoms with Gasteiger partial charge in [0.2, 0.25) is 0 Å². The van der Waals surface area contributed by atoms with Crippen LogP contribution in [0.1, 0.15) is 15.9 Å². The van der Waals surface area contributed by atoms with Crippen molar-refractivity contribution in [3.8, 4) is 6.07 Å². The van der Waals surface area contributed by atoms with Gasteiger partial charge in [-0.25, -0.2) is 9.37 Å². The van der Waals surface area contributed by atoms with Gasteiger partial charge in [-0.15, -0.1) is 0 Å². The normalized spacial score (nSPS) is 9.65. The molecule has 0 bridgehead atoms. The topological polar surface area (TPSA) is 77.8 Å². The van der Waals surface area contributed by atoms with Gasteiger partial charge in [0, 0.05) is 18.9 Å². The van der Waals surface area contributed by atoms with Crippen molar-refractivity contribution in [3.05, 3.63) is 53.5 Å². The Balaban J connectivity index is 2.22. The molecule has 2 N–H and O–H groups in total. The molecule has 0 fully saturated rings. The minimum absolute atomic E-state index is 0.0116. The molecule has 1 heterocycles. The summed E-state index contributed by atoms with van der Waals surface area (Å²) in [4.78, 5) is 15.8. The number of carbonyl (C=O) groups excluding carboxylic acids is 1. The van der Waals surface area contributed by atoms with Crippen LogP contribution in [0.3, 0.4) is 0 Å². The van der Waals surface area contributed by atoms with E-state index in [0.29, 0.717) is 11.3 Å². The Morgan fingerprint density at radius 3 is 2.60 bits per heavy atom. The van der Waals surface area contributed by atoms with Crippen molar-refractivity contribution in [2.75, 3.05) is 17.7 Å². The molecular formula is C14H11FN4O. The minimum atomic E-state index is -0.707. The molecule has 1 aromatic heterocycles. The molecule has 0 spiro atoms. The third-order valence-electron chi connectivity index (χ3n) is 2.64. The average molecular weight is 270 g/mol. The molecule has 0 aliphatic carbocycles. The van der Waals surface area contributed by atoms with Crippen LogP contribution in [-0.4, -0.2) is 17.9 Å². The number of pyridine rings is 1. The molecule has 2 rings (SSSR count). The smallest absolute Gasteiger partial charge is 0.258 e. The fourth-order valence-corrected chi connectivity index (χ4v) is 1.62. The fourth-order valence-electron chi connectivity index (χ4n) is 1.62. The van der Waals surface area contributed by atoms with E-state index in [1.165, 1.54) is 19.3 Å². The van der Waals surface area contributed by atoms with E-state index < -0.39 is 11.7 Å². The molecule has 0 atom stereocenters. The summed E-state index contributed by atoms with van der Waals surface area (Å²) in [5, 5.41) is 13.8. The zero-order valence-corrected chi connectivity index (χ0v) is 10.6. The molecule has 1 amide bonds. The van der Waals surface area contributed by atoms with Gasteiger partial charge >= 0.3 is 0 Å². The number of halogens is 1. The molecule has 5 nitrogen and oxygen atoms in total. The van der Waals surface area contributed by atoms with E-state index in [2.05, 4.69) is 15.6 Å². The summed E-state index contributed by atoms with van der Waals surface area (Å²) in [6, 6.07) is 9.56. The number of benzene rings is 1. The van der Waals surface area contributed by atoms with E-state index in [4.69, 9.17) is 5.26 Å². The second-order valence-electron chi connectivity index (χ2n) is 3.91. The molecule has 0 aliphatic heterocycles. The first kappa shape index (κ1) is 13.5. The van der Waals surface area contributed by atoms with Crippen molar-refractivity contribution < 1.29 is 9.18 Å². The summed E-state index contributed by atoms with van der Waals surface area (Å²) in [7, 11) is 1.52. The number of hydrogen-bond acceptors (Lipinski definition) is 4. The van der Waals surface area contributed by atoms with Crippen molar-refractivity contribution >= 4 is 17.4 Å². The van der Waals surface area contributed by atoms with Gasteiger partial charge in [-0.2, -0.15) is 5.26 Å². The third kappa shape index (κ3) is 2.72. The summed E-state index contributed by atoms with van der Waals surface area (Å²) in [6.45, 7) is 0. The Morgan fingerprint density at radius 2 is 2.00 bits per heavy atom. The summed E-state index contributed by atoms with van der Waals surface area (Å²) in [5.41, 5.74) is 0.862. The summed E-state index contributed by atoms with van der Waals surface area (Å²) >= 11 is 0. The molecule has 6 heteroatoms. The van der Waals surface area contributed by atoms with E-state index in [9.17, 15) is 9.18 Å². The maximum atomic E-state index is 13.9. The Morgan fingerprint density at radius 1 is 1.30 bits per heavy atom. The van der Waals surface area contributed by atoms with Gasteiger partial charge in [-0.05, 0) is 30.3 Å². The first-order valence-corrected chi connectivity index (χ1v) is 5.79. The van der Waals surface area contributed by atoms with Crippen LogP contribution in [0.15, 0.2) is 36.5 Å². The Labute approximate surface area is 115 Å². The predicted molar refractivity (Wildman–Crippen MR) is 72.9 cm³/mol. The van der Waals surface area contributed by atoms with Crippen molar-refractivity contribution in [2.24, 2.45) is 0 Å². The number of nitriles is 1. The monoisotopic (exact) mass is 270 g/mol. The molecular weight excluding hydrogens is 259 g/mol. The second kappa shape index (κ2) is 5.80. The fraction of sp³-hybridized carbons (Fsp3) is 0.0714. The highest BCUT2D eigenvalue weighted by Crippen LogP contribution is 2.16. The van der Waals surface area contributed by atoms with E-state index in [-0.39, 0.29) is 11.4 Å². The lowest BCUT2D eigenvalue weighted by atomic mass is 10.2. The predicted octanol–water partition coefficient (Wildman–Crippen LogP) is 2.39. The molecule has 2 aromatic rings. The lowest BCUT2D eigenvalue weighted by molar-refractivity contribution is 0.102. The highest BCUT2D eigenvalue weighted by Gasteiger charge is 2.15. The first-order chi connectivity index (χ1) is 9.65. The summed E-state index contributed by atoms with van der Waals surface area (Å²) in [5.74, 6) is -1.27. The molecule has 20 heavy (non-hydrogen) atoms. The molecule has 0 unspecified atom stereocenters. The molecule has 1 aromatic carbocycles. The molecule has 0 aliphatic rings. The largest absolute Gasteiger partial charge is 0.371 e. The van der Waals surface area contributed by atoms with Crippen LogP contribution in [0.25, 0.3) is 0 Å². The van der Waals surface area contributed by atoms with E-state index >= 15 is 0 Å². The number of anilines is 2. The van der Waals surface area contributed by atoms with Crippen molar-refractivity contribution in [1.29, 1.82) is 5.26 Å². The molecule has 100 valence electrons. The van der Waals surface area contributed by atoms with Crippen LogP contribution < -0.4 is 10.6 Å². The lowest BCUT2D eigenvalue weighted by Crippen LogP contribution is -2.15. The molecule has 0 saturated heterocycles. The van der Waals surface area contributed by atoms with Crippen LogP contribution in [-0.2, 0) is 0 Å². The number of aromatic nitrogens is 1. The van der Waals surface area contributed by atoms with Crippen molar-refractivity contribution in [3.63, 3.8) is 0 Å². The highest BCUT2D eigenvalue weighted by atomic mass is 19.1. The molecule has 0 radical (unpaired) electrons. The van der Waals surface area contributed by atoms with Crippen molar-refractivity contribution in [1.82, 2.24) is 4.98 Å². The van der Waals surface area contributed by atoms with Gasteiger partial charge in [0.1, 0.15) is 0 Å². The number of carbonyl (C=O) groups is 1. The quantitative estimate of drug-likeness (QED) is 0.897. The zero-order valence-electron chi connectivity index (χ0n) is 10.6. The van der Waals surface area contributed by atoms with Gasteiger partial charge in [-0.3, -0.25) is 4.79 Å². The lowest BCUT2D eigenvalue weighted by Gasteiger charge is -2.08. The average Bonchev–Trinajstić information content (AvgIpc) is 2.48. The van der Waals surface area contributed by atoms with Gasteiger partial charge in [-0.1, -0.05) is 0 Å². The van der Waals surface area contributed by atoms with E-state index in [0.717, 1.165) is 0 Å². The minimum Gasteiger partial charge on any atom is -0.371 e. The Bertz CT molecular complexity index is 677. The number of amides is 1. The zero-order chi connectivity index (χ0) is 14.5. The maximum Gasteiger partial charge on any atom is 0.258 e. The second-order valence-corrected chi connectivity index (χ2v) is 3.91. The summed E-state index contributed by atoms with van der Waals surface area (Å²) < 4.78 is 13.9. The standard InChI is InChI=1S/C14H11FN4O/c1-17-13-12(15)11(6-7-18-13)14(20)19-10-4-2-9(8-16)3-5-10/h2-7H,1H3,(H,17,18)(H,19,20). The first-order valence-electron chi connectivity index (χ1n) is 5.79. The van der Waals surface area contributed by atoms with Crippen molar-refractivity contribution in [2.45, 2.75) is 0 Å². The van der Waals surface area contributed by atoms with Crippen LogP contribution in [0.2, 0.25) is 0 Å². The van der Waals surface area contributed by atoms with Gasteiger partial charge in [0.05, 0.1) is 17.2 Å². The van der Waals surface area contributed by atoms with Gasteiger partial charge in [0.15, 0.2) is 11.6 Å². The number of rotatable bonds is 3. The van der Waals surface area contributed by atoms with E-state index in [1.54, 1.807) is 24.3 Å². The van der Waals surface area contributed by atoms with E-state index in [1.807, 2.05) is 6.07 Å². The number of nitrogens with zero attached hydrogens (tertiary/aromatic N) is 2. The van der Waals surface area contributed by atoms with Crippen LogP contribution >= 0.6 is 0 Å². The maximum absolute atomic E-state index is 13.9. The van der Waals surface area contributed by atoms with Crippen LogP contribution in [0.5, 0.6) is 0 Å². The van der Waals surface area contributed by atoms with Gasteiger partial charge in [0.25, 0.3) is 5.91 Å². The SMILES string of the molecule is CNc1nccc(C(=O)Nc2ccc(C#N)cc2)c1F. The number of nitrogens with one attached hydrogen (secondary N) is 2. The van der Waals surface area contributed by atoms with Gasteiger partial charge < -0.3 is 10.6 Å². The Kier molecular flexibility index (Phi) is 3.91. The summed E-state index contributed by atoms with van der Waals surface area (Å²) in [6.07, 6.45) is 1.35. The third-order valence-corrected chi connectivity index (χ3v) is 2.64. The van der Waals surface area contributed by atoms with Crippen LogP contribution in [0, 0.1) is 17.1 Å². The highest BCUT2D eigenvalue weighted by molar-refractivity contribution is 6.04.